The van der Waals surface area contributed by atoms with E-state index in [1.54, 1.807) is 18.4 Å². The Bertz CT molecular complexity index is 460. The van der Waals surface area contributed by atoms with Crippen LogP contribution in [0.3, 0.4) is 0 Å². The third-order valence-corrected chi connectivity index (χ3v) is 3.37. The Kier molecular flexibility index (Phi) is 5.22. The Morgan fingerprint density at radius 2 is 2.00 bits per heavy atom. The first-order chi connectivity index (χ1) is 8.45. The topological polar surface area (TPSA) is 66.4 Å². The molecule has 0 aliphatic carbocycles. The molecule has 18 heavy (non-hydrogen) atoms. The Hall–Kier alpha value is -1.49. The zero-order valence-electron chi connectivity index (χ0n) is 10.7. The van der Waals surface area contributed by atoms with Crippen molar-refractivity contribution in [1.82, 2.24) is 5.32 Å². The van der Waals surface area contributed by atoms with Crippen LogP contribution in [0.25, 0.3) is 0 Å². The lowest BCUT2D eigenvalue weighted by Crippen LogP contribution is -2.42. The minimum Gasteiger partial charge on any atom is -0.480 e. The highest BCUT2D eigenvalue weighted by atomic mass is 32.2. The Labute approximate surface area is 111 Å². The highest BCUT2D eigenvalue weighted by Crippen LogP contribution is 2.10. The first-order valence-corrected chi connectivity index (χ1v) is 6.95. The monoisotopic (exact) mass is 267 g/mol. The van der Waals surface area contributed by atoms with E-state index in [1.807, 2.05) is 19.9 Å². The summed E-state index contributed by atoms with van der Waals surface area (Å²) in [6.45, 7) is 3.88. The van der Waals surface area contributed by atoms with E-state index in [2.05, 4.69) is 5.32 Å². The fourth-order valence-electron chi connectivity index (χ4n) is 1.47. The second-order valence-corrected chi connectivity index (χ2v) is 5.03. The van der Waals surface area contributed by atoms with E-state index >= 15 is 0 Å². The van der Waals surface area contributed by atoms with Crippen molar-refractivity contribution in [3.63, 3.8) is 0 Å². The van der Waals surface area contributed by atoms with Crippen LogP contribution in [0, 0.1) is 13.8 Å². The number of carboxylic acids is 1. The Balaban J connectivity index is 2.80. The summed E-state index contributed by atoms with van der Waals surface area (Å²) in [4.78, 5) is 22.9. The summed E-state index contributed by atoms with van der Waals surface area (Å²) in [6.07, 6.45) is 1.80. The van der Waals surface area contributed by atoms with E-state index in [9.17, 15) is 9.59 Å². The number of carboxylic acid groups (broad SMARTS) is 1. The molecule has 0 fully saturated rings. The summed E-state index contributed by atoms with van der Waals surface area (Å²) in [7, 11) is 0. The number of aliphatic carboxylic acids is 1. The van der Waals surface area contributed by atoms with Crippen LogP contribution in [0.15, 0.2) is 18.2 Å². The number of benzene rings is 1. The number of carbonyl (C=O) groups is 2. The summed E-state index contributed by atoms with van der Waals surface area (Å²) in [5, 5.41) is 11.5. The maximum atomic E-state index is 11.9. The van der Waals surface area contributed by atoms with E-state index in [0.717, 1.165) is 11.1 Å². The van der Waals surface area contributed by atoms with Crippen molar-refractivity contribution in [3.8, 4) is 0 Å². The van der Waals surface area contributed by atoms with Crippen LogP contribution in [-0.4, -0.2) is 35.0 Å². The molecule has 0 saturated carbocycles. The third-order valence-electron chi connectivity index (χ3n) is 2.71. The van der Waals surface area contributed by atoms with Gasteiger partial charge in [0, 0.05) is 11.3 Å². The number of thioether (sulfide) groups is 1. The summed E-state index contributed by atoms with van der Waals surface area (Å²) >= 11 is 1.39. The number of carbonyl (C=O) groups excluding carboxylic acids is 1. The summed E-state index contributed by atoms with van der Waals surface area (Å²) in [5.74, 6) is -1.01. The van der Waals surface area contributed by atoms with E-state index in [1.165, 1.54) is 11.8 Å². The maximum absolute atomic E-state index is 11.9. The van der Waals surface area contributed by atoms with E-state index < -0.39 is 12.0 Å². The van der Waals surface area contributed by atoms with Gasteiger partial charge in [-0.1, -0.05) is 6.07 Å². The molecular weight excluding hydrogens is 250 g/mol. The summed E-state index contributed by atoms with van der Waals surface area (Å²) in [6, 6.07) is 4.47. The number of hydrogen-bond acceptors (Lipinski definition) is 3. The zero-order chi connectivity index (χ0) is 13.7. The number of aryl methyl sites for hydroxylation is 2. The number of rotatable bonds is 5. The van der Waals surface area contributed by atoms with Gasteiger partial charge in [0.1, 0.15) is 6.04 Å². The van der Waals surface area contributed by atoms with Crippen molar-refractivity contribution >= 4 is 23.6 Å². The van der Waals surface area contributed by atoms with Gasteiger partial charge in [0.15, 0.2) is 0 Å². The molecule has 98 valence electrons. The quantitative estimate of drug-likeness (QED) is 0.854. The average molecular weight is 267 g/mol. The minimum atomic E-state index is -1.01. The van der Waals surface area contributed by atoms with Crippen LogP contribution in [0.5, 0.6) is 0 Å². The largest absolute Gasteiger partial charge is 0.480 e. The number of nitrogens with one attached hydrogen (secondary N) is 1. The van der Waals surface area contributed by atoms with Gasteiger partial charge in [-0.2, -0.15) is 11.8 Å². The first-order valence-electron chi connectivity index (χ1n) is 5.55. The van der Waals surface area contributed by atoms with Crippen molar-refractivity contribution in [1.29, 1.82) is 0 Å². The third kappa shape index (κ3) is 3.77. The second kappa shape index (κ2) is 6.44. The molecule has 2 N–H and O–H groups in total. The molecule has 0 spiro atoms. The first kappa shape index (κ1) is 14.6. The number of hydrogen-bond donors (Lipinski definition) is 2. The Morgan fingerprint density at radius 3 is 2.50 bits per heavy atom. The lowest BCUT2D eigenvalue weighted by Gasteiger charge is -2.13. The molecule has 1 unspecified atom stereocenters. The average Bonchev–Trinajstić information content (AvgIpc) is 2.31. The van der Waals surface area contributed by atoms with Crippen LogP contribution in [0.2, 0.25) is 0 Å². The van der Waals surface area contributed by atoms with Crippen LogP contribution in [0.1, 0.15) is 21.5 Å². The molecule has 0 saturated heterocycles. The molecule has 5 heteroatoms. The lowest BCUT2D eigenvalue weighted by molar-refractivity contribution is -0.138. The van der Waals surface area contributed by atoms with E-state index in [-0.39, 0.29) is 5.91 Å². The Morgan fingerprint density at radius 1 is 1.33 bits per heavy atom. The second-order valence-electron chi connectivity index (χ2n) is 4.12. The molecule has 1 atom stereocenters. The molecule has 0 aliphatic rings. The predicted octanol–water partition coefficient (Wildman–Crippen LogP) is 1.85. The van der Waals surface area contributed by atoms with Crippen molar-refractivity contribution in [2.45, 2.75) is 19.9 Å². The molecule has 1 amide bonds. The standard InChI is InChI=1S/C13H17NO3S/c1-8-4-5-10(6-9(8)2)12(15)14-11(7-18-3)13(16)17/h4-6,11H,7H2,1-3H3,(H,14,15)(H,16,17). The zero-order valence-corrected chi connectivity index (χ0v) is 11.5. The molecule has 0 aromatic heterocycles. The lowest BCUT2D eigenvalue weighted by atomic mass is 10.1. The smallest absolute Gasteiger partial charge is 0.327 e. The summed E-state index contributed by atoms with van der Waals surface area (Å²) < 4.78 is 0. The molecule has 0 bridgehead atoms. The van der Waals surface area contributed by atoms with Gasteiger partial charge in [-0.15, -0.1) is 0 Å². The van der Waals surface area contributed by atoms with Crippen molar-refractivity contribution in [2.75, 3.05) is 12.0 Å². The fraction of sp³-hybridized carbons (Fsp3) is 0.385. The van der Waals surface area contributed by atoms with Gasteiger partial charge >= 0.3 is 5.97 Å². The van der Waals surface area contributed by atoms with Gasteiger partial charge in [0.25, 0.3) is 5.91 Å². The van der Waals surface area contributed by atoms with Gasteiger partial charge in [-0.3, -0.25) is 4.79 Å². The van der Waals surface area contributed by atoms with Gasteiger partial charge in [-0.05, 0) is 43.4 Å². The van der Waals surface area contributed by atoms with Crippen molar-refractivity contribution < 1.29 is 14.7 Å². The molecule has 1 rings (SSSR count). The van der Waals surface area contributed by atoms with Gasteiger partial charge in [-0.25, -0.2) is 4.79 Å². The molecule has 0 heterocycles. The highest BCUT2D eigenvalue weighted by molar-refractivity contribution is 7.98. The number of amides is 1. The molecule has 4 nitrogen and oxygen atoms in total. The van der Waals surface area contributed by atoms with Crippen LogP contribution < -0.4 is 5.32 Å². The van der Waals surface area contributed by atoms with E-state index in [4.69, 9.17) is 5.11 Å². The van der Waals surface area contributed by atoms with Crippen LogP contribution >= 0.6 is 11.8 Å². The van der Waals surface area contributed by atoms with Gasteiger partial charge in [0.2, 0.25) is 0 Å². The van der Waals surface area contributed by atoms with Crippen LogP contribution in [-0.2, 0) is 4.79 Å². The van der Waals surface area contributed by atoms with Crippen molar-refractivity contribution in [2.24, 2.45) is 0 Å². The van der Waals surface area contributed by atoms with E-state index in [0.29, 0.717) is 11.3 Å². The van der Waals surface area contributed by atoms with Crippen molar-refractivity contribution in [3.05, 3.63) is 34.9 Å². The highest BCUT2D eigenvalue weighted by Gasteiger charge is 2.20. The van der Waals surface area contributed by atoms with Crippen LogP contribution in [0.4, 0.5) is 0 Å². The molecular formula is C13H17NO3S. The van der Waals surface area contributed by atoms with Gasteiger partial charge < -0.3 is 10.4 Å². The summed E-state index contributed by atoms with van der Waals surface area (Å²) in [5.41, 5.74) is 2.61. The van der Waals surface area contributed by atoms with Gasteiger partial charge in [0.05, 0.1) is 0 Å². The predicted molar refractivity (Wildman–Crippen MR) is 73.2 cm³/mol. The SMILES string of the molecule is CSCC(NC(=O)c1ccc(C)c(C)c1)C(=O)O. The molecule has 0 aliphatic heterocycles. The fourth-order valence-corrected chi connectivity index (χ4v) is 2.02. The molecule has 1 aromatic rings. The maximum Gasteiger partial charge on any atom is 0.327 e. The molecule has 0 radical (unpaired) electrons. The normalized spacial score (nSPS) is 11.9. The molecule has 1 aromatic carbocycles. The minimum absolute atomic E-state index is 0.348.